The van der Waals surface area contributed by atoms with Crippen molar-refractivity contribution in [3.63, 3.8) is 0 Å². The van der Waals surface area contributed by atoms with Gasteiger partial charge in [-0.25, -0.2) is 0 Å². The summed E-state index contributed by atoms with van der Waals surface area (Å²) in [4.78, 5) is 23.5. The molecule has 4 aliphatic rings. The van der Waals surface area contributed by atoms with Gasteiger partial charge in [0.15, 0.2) is 11.6 Å². The van der Waals surface area contributed by atoms with Gasteiger partial charge in [-0.15, -0.1) is 11.6 Å². The molecule has 7 atom stereocenters. The Morgan fingerprint density at radius 3 is 2.64 bits per heavy atom. The number of hydrogen-bond acceptors (Lipinski definition) is 5. The van der Waals surface area contributed by atoms with Crippen LogP contribution in [0.1, 0.15) is 52.9 Å². The van der Waals surface area contributed by atoms with E-state index in [1.807, 2.05) is 26.8 Å². The average Bonchev–Trinajstić information content (AvgIpc) is 2.91. The molecule has 0 amide bonds. The van der Waals surface area contributed by atoms with Crippen molar-refractivity contribution in [2.24, 2.45) is 22.7 Å². The van der Waals surface area contributed by atoms with E-state index >= 15 is 0 Å². The summed E-state index contributed by atoms with van der Waals surface area (Å²) < 4.78 is 0. The summed E-state index contributed by atoms with van der Waals surface area (Å²) in [6, 6.07) is 0. The lowest BCUT2D eigenvalue weighted by atomic mass is 9.45. The van der Waals surface area contributed by atoms with Crippen LogP contribution in [0.2, 0.25) is 0 Å². The van der Waals surface area contributed by atoms with Crippen molar-refractivity contribution in [2.45, 2.75) is 69.5 Å². The molecule has 0 aromatic carbocycles. The van der Waals surface area contributed by atoms with Gasteiger partial charge in [0.05, 0.1) is 11.0 Å². The van der Waals surface area contributed by atoms with Crippen LogP contribution in [-0.2, 0) is 9.59 Å². The number of alkyl halides is 1. The van der Waals surface area contributed by atoms with Gasteiger partial charge in [0.2, 0.25) is 0 Å². The van der Waals surface area contributed by atoms with E-state index in [2.05, 4.69) is 0 Å². The third kappa shape index (κ3) is 2.14. The van der Waals surface area contributed by atoms with E-state index in [1.165, 1.54) is 0 Å². The van der Waals surface area contributed by atoms with Gasteiger partial charge < -0.3 is 15.3 Å². The van der Waals surface area contributed by atoms with Crippen LogP contribution in [0.4, 0.5) is 0 Å². The smallest absolute Gasteiger partial charge is 0.190 e. The molecule has 0 spiro atoms. The first kappa shape index (κ1) is 20.3. The van der Waals surface area contributed by atoms with Gasteiger partial charge in [-0.05, 0) is 50.2 Å². The standard InChI is InChI=1S/C22H29ClO5/c1-12-8-16-14-5-7-21(28,18(27)11-24)20(14,3)10-17(26)22(16,23)19(2)6-4-13(25)9-15(12)19/h8-9,14,16-17,24,26,28H,4-7,10-11H2,1-3H3/t14-,16-,17-,19-,20-,21-,22-/m0/s1. The molecular weight excluding hydrogens is 380 g/mol. The average molecular weight is 409 g/mol. The van der Waals surface area contributed by atoms with Crippen LogP contribution >= 0.6 is 11.6 Å². The van der Waals surface area contributed by atoms with E-state index < -0.39 is 39.8 Å². The summed E-state index contributed by atoms with van der Waals surface area (Å²) in [6.45, 7) is 5.14. The Hall–Kier alpha value is -1.01. The van der Waals surface area contributed by atoms with Crippen LogP contribution in [0.15, 0.2) is 23.3 Å². The maximum Gasteiger partial charge on any atom is 0.190 e. The maximum atomic E-state index is 12.5. The fourth-order valence-corrected chi connectivity index (χ4v) is 7.49. The van der Waals surface area contributed by atoms with Crippen molar-refractivity contribution in [1.29, 1.82) is 0 Å². The van der Waals surface area contributed by atoms with Gasteiger partial charge in [-0.3, -0.25) is 9.59 Å². The second-order valence-corrected chi connectivity index (χ2v) is 10.3. The SMILES string of the molecule is CC1=C[C@H]2[C@@H]3CC[C@](O)(C(=O)CO)[C@@]3(C)C[C@H](O)[C@]2(Cl)[C@@]2(C)CCC(=O)C=C12. The molecule has 28 heavy (non-hydrogen) atoms. The summed E-state index contributed by atoms with van der Waals surface area (Å²) in [5.74, 6) is -0.838. The van der Waals surface area contributed by atoms with Gasteiger partial charge in [0.1, 0.15) is 12.2 Å². The first-order chi connectivity index (χ1) is 13.0. The highest BCUT2D eigenvalue weighted by atomic mass is 35.5. The number of Topliss-reactive ketones (excluding diaryl/α,β-unsaturated/α-hetero) is 1. The molecule has 4 aliphatic carbocycles. The fraction of sp³-hybridized carbons (Fsp3) is 0.727. The number of aliphatic hydroxyl groups is 3. The van der Waals surface area contributed by atoms with Crippen molar-refractivity contribution in [3.05, 3.63) is 23.3 Å². The molecule has 0 heterocycles. The maximum absolute atomic E-state index is 12.5. The van der Waals surface area contributed by atoms with E-state index in [4.69, 9.17) is 11.6 Å². The monoisotopic (exact) mass is 408 g/mol. The molecule has 5 nitrogen and oxygen atoms in total. The van der Waals surface area contributed by atoms with Gasteiger partial charge in [0.25, 0.3) is 0 Å². The molecule has 154 valence electrons. The Bertz CT molecular complexity index is 818. The first-order valence-electron chi connectivity index (χ1n) is 10.1. The predicted molar refractivity (Wildman–Crippen MR) is 105 cm³/mol. The molecular formula is C22H29ClO5. The lowest BCUT2D eigenvalue weighted by Crippen LogP contribution is -2.68. The van der Waals surface area contributed by atoms with Gasteiger partial charge in [-0.1, -0.05) is 25.5 Å². The number of halogens is 1. The van der Waals surface area contributed by atoms with Crippen molar-refractivity contribution < 1.29 is 24.9 Å². The van der Waals surface area contributed by atoms with Crippen LogP contribution in [0, 0.1) is 22.7 Å². The molecule has 0 bridgehead atoms. The van der Waals surface area contributed by atoms with Gasteiger partial charge in [0, 0.05) is 23.2 Å². The zero-order chi connectivity index (χ0) is 20.7. The largest absolute Gasteiger partial charge is 0.391 e. The minimum atomic E-state index is -1.66. The molecule has 3 N–H and O–H groups in total. The Labute approximate surface area is 170 Å². The Morgan fingerprint density at radius 1 is 1.32 bits per heavy atom. The number of hydrogen-bond donors (Lipinski definition) is 3. The lowest BCUT2D eigenvalue weighted by molar-refractivity contribution is -0.171. The second kappa shape index (κ2) is 6.00. The molecule has 2 saturated carbocycles. The van der Waals surface area contributed by atoms with Crippen molar-refractivity contribution in [1.82, 2.24) is 0 Å². The normalized spacial score (nSPS) is 50.2. The quantitative estimate of drug-likeness (QED) is 0.609. The number of rotatable bonds is 2. The highest BCUT2D eigenvalue weighted by Crippen LogP contribution is 2.70. The molecule has 0 aliphatic heterocycles. The van der Waals surface area contributed by atoms with Crippen LogP contribution in [0.25, 0.3) is 0 Å². The zero-order valence-corrected chi connectivity index (χ0v) is 17.4. The molecule has 2 fully saturated rings. The minimum Gasteiger partial charge on any atom is -0.391 e. The first-order valence-corrected chi connectivity index (χ1v) is 10.5. The number of ketones is 2. The summed E-state index contributed by atoms with van der Waals surface area (Å²) >= 11 is 7.33. The van der Waals surface area contributed by atoms with Crippen molar-refractivity contribution in [3.8, 4) is 0 Å². The second-order valence-electron chi connectivity index (χ2n) is 9.72. The van der Waals surface area contributed by atoms with Gasteiger partial charge in [-0.2, -0.15) is 0 Å². The Balaban J connectivity index is 1.89. The number of carbonyl (C=O) groups is 2. The molecule has 4 rings (SSSR count). The molecule has 0 unspecified atom stereocenters. The van der Waals surface area contributed by atoms with E-state index in [-0.39, 0.29) is 30.5 Å². The number of carbonyl (C=O) groups excluding carboxylic acids is 2. The van der Waals surface area contributed by atoms with E-state index in [1.54, 1.807) is 6.08 Å². The third-order valence-corrected chi connectivity index (χ3v) is 9.60. The molecule has 0 aromatic heterocycles. The van der Waals surface area contributed by atoms with E-state index in [0.717, 1.165) is 11.1 Å². The molecule has 0 saturated heterocycles. The molecule has 6 heteroatoms. The molecule has 0 aromatic rings. The molecule has 0 radical (unpaired) electrons. The Morgan fingerprint density at radius 2 is 2.00 bits per heavy atom. The number of aliphatic hydroxyl groups excluding tert-OH is 2. The summed E-state index contributed by atoms with van der Waals surface area (Å²) in [5, 5.41) is 32.1. The van der Waals surface area contributed by atoms with Crippen LogP contribution < -0.4 is 0 Å². The highest BCUT2D eigenvalue weighted by molar-refractivity contribution is 6.26. The minimum absolute atomic E-state index is 0.0814. The third-order valence-electron chi connectivity index (χ3n) is 8.68. The summed E-state index contributed by atoms with van der Waals surface area (Å²) in [6.07, 6.45) is 4.78. The van der Waals surface area contributed by atoms with Crippen LogP contribution in [0.5, 0.6) is 0 Å². The van der Waals surface area contributed by atoms with Crippen molar-refractivity contribution >= 4 is 23.2 Å². The lowest BCUT2D eigenvalue weighted by Gasteiger charge is -2.63. The zero-order valence-electron chi connectivity index (χ0n) is 16.7. The van der Waals surface area contributed by atoms with Crippen molar-refractivity contribution in [2.75, 3.05) is 6.61 Å². The van der Waals surface area contributed by atoms with Gasteiger partial charge >= 0.3 is 0 Å². The highest BCUT2D eigenvalue weighted by Gasteiger charge is 2.72. The van der Waals surface area contributed by atoms with E-state index in [9.17, 15) is 24.9 Å². The summed E-state index contributed by atoms with van der Waals surface area (Å²) in [7, 11) is 0. The number of allylic oxidation sites excluding steroid dienone is 4. The van der Waals surface area contributed by atoms with Crippen LogP contribution in [0.3, 0.4) is 0 Å². The number of fused-ring (bicyclic) bond motifs is 5. The predicted octanol–water partition coefficient (Wildman–Crippen LogP) is 2.31. The fourth-order valence-electron chi connectivity index (χ4n) is 7.00. The van der Waals surface area contributed by atoms with Crippen LogP contribution in [-0.4, -0.2) is 50.1 Å². The summed E-state index contributed by atoms with van der Waals surface area (Å²) in [5.41, 5.74) is -1.20. The Kier molecular flexibility index (Phi) is 4.35. The topological polar surface area (TPSA) is 94.8 Å². The van der Waals surface area contributed by atoms with E-state index in [0.29, 0.717) is 19.3 Å².